The Morgan fingerprint density at radius 3 is 2.61 bits per heavy atom. The lowest BCUT2D eigenvalue weighted by atomic mass is 9.99. The van der Waals surface area contributed by atoms with Crippen molar-refractivity contribution in [1.29, 1.82) is 0 Å². The van der Waals surface area contributed by atoms with Crippen LogP contribution in [0, 0.1) is 17.7 Å². The third kappa shape index (κ3) is 2.94. The first kappa shape index (κ1) is 15.2. The van der Waals surface area contributed by atoms with E-state index in [-0.39, 0.29) is 24.2 Å². The molecule has 0 spiro atoms. The molecule has 0 bridgehead atoms. The van der Waals surface area contributed by atoms with E-state index < -0.39 is 11.9 Å². The fraction of sp³-hybridized carbons (Fsp3) is 0.312. The van der Waals surface area contributed by atoms with Crippen molar-refractivity contribution in [2.24, 2.45) is 11.8 Å². The van der Waals surface area contributed by atoms with Gasteiger partial charge in [0.25, 0.3) is 5.91 Å². The van der Waals surface area contributed by atoms with E-state index >= 15 is 0 Å². The third-order valence-electron chi connectivity index (χ3n) is 4.17. The molecule has 1 amide bonds. The monoisotopic (exact) mass is 317 g/mol. The second-order valence-corrected chi connectivity index (χ2v) is 5.81. The zero-order valence-corrected chi connectivity index (χ0v) is 12.5. The third-order valence-corrected chi connectivity index (χ3v) is 4.17. The number of rotatable bonds is 3. The van der Waals surface area contributed by atoms with Crippen molar-refractivity contribution in [3.05, 3.63) is 41.8 Å². The van der Waals surface area contributed by atoms with Crippen LogP contribution >= 0.6 is 0 Å². The summed E-state index contributed by atoms with van der Waals surface area (Å²) in [4.78, 5) is 25.1. The summed E-state index contributed by atoms with van der Waals surface area (Å²) in [6.45, 7) is 2.42. The number of carboxylic acids is 1. The van der Waals surface area contributed by atoms with Crippen LogP contribution in [0.15, 0.2) is 30.3 Å². The minimum absolute atomic E-state index is 0.0871. The van der Waals surface area contributed by atoms with Crippen molar-refractivity contribution in [3.63, 3.8) is 0 Å². The Morgan fingerprint density at radius 1 is 1.30 bits per heavy atom. The summed E-state index contributed by atoms with van der Waals surface area (Å²) in [5.41, 5.74) is 1.53. The normalized spacial score (nSPS) is 20.7. The highest BCUT2D eigenvalue weighted by atomic mass is 19.1. The van der Waals surface area contributed by atoms with Gasteiger partial charge in [0.05, 0.1) is 11.6 Å². The van der Waals surface area contributed by atoms with E-state index in [1.807, 2.05) is 6.92 Å². The molecule has 23 heavy (non-hydrogen) atoms. The molecule has 1 aliphatic heterocycles. The van der Waals surface area contributed by atoms with Gasteiger partial charge in [0.15, 0.2) is 0 Å². The average molecular weight is 317 g/mol. The number of halogens is 1. The number of likely N-dealkylation sites (tertiary alicyclic amines) is 1. The van der Waals surface area contributed by atoms with Crippen LogP contribution in [0.1, 0.15) is 17.4 Å². The van der Waals surface area contributed by atoms with Gasteiger partial charge in [-0.15, -0.1) is 0 Å². The van der Waals surface area contributed by atoms with E-state index in [0.29, 0.717) is 23.5 Å². The number of hydrogen-bond donors (Lipinski definition) is 2. The Bertz CT molecular complexity index is 741. The topological polar surface area (TPSA) is 86.3 Å². The molecule has 2 heterocycles. The fourth-order valence-electron chi connectivity index (χ4n) is 2.82. The maximum Gasteiger partial charge on any atom is 0.308 e. The Kier molecular flexibility index (Phi) is 3.85. The summed E-state index contributed by atoms with van der Waals surface area (Å²) in [5.74, 6) is -2.13. The molecule has 7 heteroatoms. The number of carboxylic acid groups (broad SMARTS) is 1. The first-order chi connectivity index (χ1) is 11.0. The quantitative estimate of drug-likeness (QED) is 0.906. The Hall–Kier alpha value is -2.70. The van der Waals surface area contributed by atoms with Crippen LogP contribution < -0.4 is 0 Å². The molecule has 0 unspecified atom stereocenters. The maximum atomic E-state index is 12.9. The molecule has 1 aliphatic rings. The van der Waals surface area contributed by atoms with E-state index in [1.54, 1.807) is 18.2 Å². The number of amides is 1. The molecule has 2 atom stereocenters. The van der Waals surface area contributed by atoms with Crippen LogP contribution in [0.3, 0.4) is 0 Å². The highest BCUT2D eigenvalue weighted by Gasteiger charge is 2.37. The van der Waals surface area contributed by atoms with Crippen molar-refractivity contribution >= 4 is 11.9 Å². The number of aromatic nitrogens is 2. The summed E-state index contributed by atoms with van der Waals surface area (Å²) in [6, 6.07) is 7.40. The number of hydrogen-bond acceptors (Lipinski definition) is 3. The van der Waals surface area contributed by atoms with E-state index in [2.05, 4.69) is 10.2 Å². The van der Waals surface area contributed by atoms with E-state index in [9.17, 15) is 14.0 Å². The van der Waals surface area contributed by atoms with Gasteiger partial charge < -0.3 is 10.0 Å². The number of aromatic amines is 1. The maximum absolute atomic E-state index is 12.9. The van der Waals surface area contributed by atoms with Crippen LogP contribution in [-0.2, 0) is 4.79 Å². The van der Waals surface area contributed by atoms with Gasteiger partial charge in [-0.2, -0.15) is 5.10 Å². The molecule has 1 aromatic heterocycles. The fourth-order valence-corrected chi connectivity index (χ4v) is 2.82. The van der Waals surface area contributed by atoms with Gasteiger partial charge in [-0.05, 0) is 36.2 Å². The smallest absolute Gasteiger partial charge is 0.308 e. The van der Waals surface area contributed by atoms with Gasteiger partial charge in [0.2, 0.25) is 0 Å². The number of carbonyl (C=O) groups excluding carboxylic acids is 1. The second-order valence-electron chi connectivity index (χ2n) is 5.81. The van der Waals surface area contributed by atoms with Crippen LogP contribution in [0.4, 0.5) is 4.39 Å². The number of nitrogens with one attached hydrogen (secondary N) is 1. The van der Waals surface area contributed by atoms with E-state index in [4.69, 9.17) is 5.11 Å². The Morgan fingerprint density at radius 2 is 2.00 bits per heavy atom. The van der Waals surface area contributed by atoms with Crippen molar-refractivity contribution in [1.82, 2.24) is 15.1 Å². The standard InChI is InChI=1S/C16H16FN3O3/c1-9-7-20(8-12(9)16(22)23)15(21)14-6-13(18-19-14)10-2-4-11(17)5-3-10/h2-6,9,12H,7-8H2,1H3,(H,18,19)(H,22,23)/t9-,12-/m1/s1. The first-order valence-corrected chi connectivity index (χ1v) is 7.29. The van der Waals surface area contributed by atoms with Crippen molar-refractivity contribution < 1.29 is 19.1 Å². The molecule has 1 aromatic carbocycles. The minimum Gasteiger partial charge on any atom is -0.481 e. The number of aliphatic carboxylic acids is 1. The van der Waals surface area contributed by atoms with Crippen LogP contribution in [-0.4, -0.2) is 45.2 Å². The summed E-state index contributed by atoms with van der Waals surface area (Å²) in [6.07, 6.45) is 0. The molecule has 2 N–H and O–H groups in total. The summed E-state index contributed by atoms with van der Waals surface area (Å²) in [5, 5.41) is 15.9. The molecule has 120 valence electrons. The average Bonchev–Trinajstić information content (AvgIpc) is 3.14. The molecule has 1 fully saturated rings. The number of H-pyrrole nitrogens is 1. The lowest BCUT2D eigenvalue weighted by molar-refractivity contribution is -0.142. The second kappa shape index (κ2) is 5.83. The molecular weight excluding hydrogens is 301 g/mol. The van der Waals surface area contributed by atoms with E-state index in [0.717, 1.165) is 0 Å². The molecule has 0 aliphatic carbocycles. The van der Waals surface area contributed by atoms with Crippen molar-refractivity contribution in [2.45, 2.75) is 6.92 Å². The first-order valence-electron chi connectivity index (χ1n) is 7.29. The van der Waals surface area contributed by atoms with E-state index in [1.165, 1.54) is 17.0 Å². The van der Waals surface area contributed by atoms with Gasteiger partial charge in [0.1, 0.15) is 11.5 Å². The molecule has 6 nitrogen and oxygen atoms in total. The SMILES string of the molecule is C[C@@H]1CN(C(=O)c2cc(-c3ccc(F)cc3)n[nH]2)C[C@H]1C(=O)O. The minimum atomic E-state index is -0.885. The van der Waals surface area contributed by atoms with Gasteiger partial charge in [-0.3, -0.25) is 14.7 Å². The van der Waals surface area contributed by atoms with Crippen LogP contribution in [0.2, 0.25) is 0 Å². The van der Waals surface area contributed by atoms with Gasteiger partial charge >= 0.3 is 5.97 Å². The zero-order chi connectivity index (χ0) is 16.6. The lowest BCUT2D eigenvalue weighted by Gasteiger charge is -2.14. The lowest BCUT2D eigenvalue weighted by Crippen LogP contribution is -2.30. The zero-order valence-electron chi connectivity index (χ0n) is 12.5. The number of benzene rings is 1. The highest BCUT2D eigenvalue weighted by Crippen LogP contribution is 2.25. The predicted octanol–water partition coefficient (Wildman–Crippen LogP) is 2.01. The van der Waals surface area contributed by atoms with Crippen molar-refractivity contribution in [3.8, 4) is 11.3 Å². The van der Waals surface area contributed by atoms with Gasteiger partial charge in [-0.25, -0.2) is 4.39 Å². The molecule has 2 aromatic rings. The molecule has 0 radical (unpaired) electrons. The van der Waals surface area contributed by atoms with Gasteiger partial charge in [0, 0.05) is 18.7 Å². The van der Waals surface area contributed by atoms with Crippen LogP contribution in [0.5, 0.6) is 0 Å². The molecule has 0 saturated carbocycles. The van der Waals surface area contributed by atoms with Crippen molar-refractivity contribution in [2.75, 3.05) is 13.1 Å². The molecular formula is C16H16FN3O3. The number of carbonyl (C=O) groups is 2. The largest absolute Gasteiger partial charge is 0.481 e. The summed E-state index contributed by atoms with van der Waals surface area (Å²) < 4.78 is 12.9. The molecule has 3 rings (SSSR count). The summed E-state index contributed by atoms with van der Waals surface area (Å²) >= 11 is 0. The van der Waals surface area contributed by atoms with Crippen LogP contribution in [0.25, 0.3) is 11.3 Å². The highest BCUT2D eigenvalue weighted by molar-refractivity contribution is 5.94. The molecule has 1 saturated heterocycles. The summed E-state index contributed by atoms with van der Waals surface area (Å²) in [7, 11) is 0. The Balaban J connectivity index is 1.77. The van der Waals surface area contributed by atoms with Gasteiger partial charge in [-0.1, -0.05) is 6.92 Å². The number of nitrogens with zero attached hydrogens (tertiary/aromatic N) is 2. The Labute approximate surface area is 131 Å². The predicted molar refractivity (Wildman–Crippen MR) is 80.2 cm³/mol.